The maximum Gasteiger partial charge on any atom is 0.109 e. The smallest absolute Gasteiger partial charge is 0.109 e. The fourth-order valence-corrected chi connectivity index (χ4v) is 5.53. The van der Waals surface area contributed by atoms with Gasteiger partial charge in [-0.25, -0.2) is 0 Å². The van der Waals surface area contributed by atoms with Crippen LogP contribution in [0.5, 0.6) is 0 Å². The summed E-state index contributed by atoms with van der Waals surface area (Å²) in [6, 6.07) is 10.1. The van der Waals surface area contributed by atoms with Crippen molar-refractivity contribution in [2.75, 3.05) is 12.3 Å². The predicted octanol–water partition coefficient (Wildman–Crippen LogP) is 5.33. The van der Waals surface area contributed by atoms with Crippen molar-refractivity contribution in [2.45, 2.75) is 27.7 Å². The zero-order valence-electron chi connectivity index (χ0n) is 12.0. The van der Waals surface area contributed by atoms with E-state index in [1.54, 1.807) is 0 Å². The van der Waals surface area contributed by atoms with Gasteiger partial charge >= 0.3 is 0 Å². The van der Waals surface area contributed by atoms with Crippen LogP contribution < -0.4 is 0 Å². The molecule has 0 amide bonds. The van der Waals surface area contributed by atoms with Gasteiger partial charge in [0, 0.05) is 12.3 Å². The van der Waals surface area contributed by atoms with Crippen LogP contribution in [0, 0.1) is 11.8 Å². The molecule has 1 nitrogen and oxygen atoms in total. The van der Waals surface area contributed by atoms with Crippen LogP contribution in [0.2, 0.25) is 0 Å². The second-order valence-electron chi connectivity index (χ2n) is 5.83. The van der Waals surface area contributed by atoms with Gasteiger partial charge in [0.2, 0.25) is 0 Å². The highest BCUT2D eigenvalue weighted by molar-refractivity contribution is 7.67. The lowest BCUT2D eigenvalue weighted by atomic mass is 10.2. The quantitative estimate of drug-likeness (QED) is 0.634. The van der Waals surface area contributed by atoms with Crippen LogP contribution in [-0.2, 0) is 4.57 Å². The molecule has 1 aromatic rings. The molecule has 0 radical (unpaired) electrons. The van der Waals surface area contributed by atoms with Gasteiger partial charge in [-0.2, -0.15) is 0 Å². The van der Waals surface area contributed by atoms with E-state index in [4.69, 9.17) is 0 Å². The van der Waals surface area contributed by atoms with E-state index in [0.717, 1.165) is 17.9 Å². The summed E-state index contributed by atoms with van der Waals surface area (Å²) in [6.45, 7) is 8.57. The highest BCUT2D eigenvalue weighted by atomic mass is 31.2. The molecule has 0 fully saturated rings. The van der Waals surface area contributed by atoms with Crippen molar-refractivity contribution >= 4 is 13.2 Å². The van der Waals surface area contributed by atoms with E-state index in [9.17, 15) is 4.57 Å². The van der Waals surface area contributed by atoms with E-state index in [0.29, 0.717) is 11.8 Å². The summed E-state index contributed by atoms with van der Waals surface area (Å²) < 4.78 is 12.9. The molecule has 0 N–H and O–H groups in total. The number of hydrogen-bond donors (Lipinski definition) is 0. The van der Waals surface area contributed by atoms with E-state index >= 15 is 0 Å². The highest BCUT2D eigenvalue weighted by Crippen LogP contribution is 2.50. The minimum absolute atomic E-state index is 0.481. The van der Waals surface area contributed by atoms with Gasteiger partial charge in [0.1, 0.15) is 7.14 Å². The Labute approximate surface area is 112 Å². The first kappa shape index (κ1) is 15.2. The maximum atomic E-state index is 12.9. The summed E-state index contributed by atoms with van der Waals surface area (Å²) in [5, 5.41) is 0. The SMILES string of the molecule is CC(C)CP(=O)(C=Cc1ccccc1)CC(C)C. The third-order valence-electron chi connectivity index (χ3n) is 2.69. The average Bonchev–Trinajstić information content (AvgIpc) is 2.26. The Hall–Kier alpha value is -0.810. The molecule has 0 heterocycles. The molecule has 2 heteroatoms. The van der Waals surface area contributed by atoms with Gasteiger partial charge in [-0.05, 0) is 23.2 Å². The zero-order chi connectivity index (χ0) is 13.6. The van der Waals surface area contributed by atoms with Crippen molar-refractivity contribution in [2.24, 2.45) is 11.8 Å². The Morgan fingerprint density at radius 2 is 1.50 bits per heavy atom. The Bertz CT molecular complexity index is 404. The van der Waals surface area contributed by atoms with E-state index in [1.807, 2.05) is 42.2 Å². The fourth-order valence-electron chi connectivity index (χ4n) is 2.22. The van der Waals surface area contributed by atoms with Crippen LogP contribution in [0.3, 0.4) is 0 Å². The predicted molar refractivity (Wildman–Crippen MR) is 82.5 cm³/mol. The summed E-state index contributed by atoms with van der Waals surface area (Å²) in [5.41, 5.74) is 1.13. The maximum absolute atomic E-state index is 12.9. The molecule has 0 spiro atoms. The number of rotatable bonds is 6. The fraction of sp³-hybridized carbons (Fsp3) is 0.500. The molecule has 0 bridgehead atoms. The van der Waals surface area contributed by atoms with Crippen molar-refractivity contribution in [3.63, 3.8) is 0 Å². The van der Waals surface area contributed by atoms with Crippen molar-refractivity contribution < 1.29 is 4.57 Å². The lowest BCUT2D eigenvalue weighted by Crippen LogP contribution is -2.04. The lowest BCUT2D eigenvalue weighted by molar-refractivity contribution is 0.563. The second-order valence-corrected chi connectivity index (χ2v) is 8.76. The minimum Gasteiger partial charge on any atom is -0.319 e. The summed E-state index contributed by atoms with van der Waals surface area (Å²) >= 11 is 0. The number of hydrogen-bond acceptors (Lipinski definition) is 1. The van der Waals surface area contributed by atoms with Crippen LogP contribution in [-0.4, -0.2) is 12.3 Å². The molecule has 0 unspecified atom stereocenters. The van der Waals surface area contributed by atoms with Crippen LogP contribution in [0.25, 0.3) is 6.08 Å². The Morgan fingerprint density at radius 3 is 1.94 bits per heavy atom. The van der Waals surface area contributed by atoms with E-state index in [2.05, 4.69) is 27.7 Å². The van der Waals surface area contributed by atoms with E-state index < -0.39 is 7.14 Å². The molecule has 0 aliphatic rings. The first-order valence-electron chi connectivity index (χ1n) is 6.73. The first-order valence-corrected chi connectivity index (χ1v) is 8.88. The zero-order valence-corrected chi connectivity index (χ0v) is 12.9. The standard InChI is InChI=1S/C16H25OP/c1-14(2)12-18(17,13-15(3)4)11-10-16-8-6-5-7-9-16/h5-11,14-15H,12-13H2,1-4H3. The van der Waals surface area contributed by atoms with Crippen LogP contribution in [0.15, 0.2) is 36.1 Å². The van der Waals surface area contributed by atoms with E-state index in [1.165, 1.54) is 0 Å². The van der Waals surface area contributed by atoms with Gasteiger partial charge in [0.05, 0.1) is 0 Å². The number of benzene rings is 1. The van der Waals surface area contributed by atoms with Gasteiger partial charge in [0.15, 0.2) is 0 Å². The second kappa shape index (κ2) is 6.95. The molecule has 0 aromatic heterocycles. The van der Waals surface area contributed by atoms with Crippen molar-refractivity contribution in [1.82, 2.24) is 0 Å². The molecular weight excluding hydrogens is 239 g/mol. The first-order chi connectivity index (χ1) is 8.41. The Balaban J connectivity index is 2.84. The third-order valence-corrected chi connectivity index (χ3v) is 6.08. The van der Waals surface area contributed by atoms with Gasteiger partial charge in [-0.1, -0.05) is 64.1 Å². The van der Waals surface area contributed by atoms with Gasteiger partial charge in [-0.3, -0.25) is 0 Å². The molecule has 1 aromatic carbocycles. The average molecular weight is 264 g/mol. The Morgan fingerprint density at radius 1 is 1.00 bits per heavy atom. The van der Waals surface area contributed by atoms with Gasteiger partial charge in [0.25, 0.3) is 0 Å². The monoisotopic (exact) mass is 264 g/mol. The van der Waals surface area contributed by atoms with Gasteiger partial charge < -0.3 is 4.57 Å². The van der Waals surface area contributed by atoms with E-state index in [-0.39, 0.29) is 0 Å². The molecule has 0 aliphatic heterocycles. The normalized spacial score (nSPS) is 12.8. The molecule has 100 valence electrons. The molecule has 0 saturated heterocycles. The van der Waals surface area contributed by atoms with Crippen molar-refractivity contribution in [3.8, 4) is 0 Å². The molecule has 0 aliphatic carbocycles. The summed E-state index contributed by atoms with van der Waals surface area (Å²) in [5.74, 6) is 2.94. The summed E-state index contributed by atoms with van der Waals surface area (Å²) in [6.07, 6.45) is 3.65. The minimum atomic E-state index is -2.18. The molecule has 1 rings (SSSR count). The Kier molecular flexibility index (Phi) is 5.88. The molecule has 0 saturated carbocycles. The van der Waals surface area contributed by atoms with Crippen LogP contribution in [0.1, 0.15) is 33.3 Å². The third kappa shape index (κ3) is 5.69. The van der Waals surface area contributed by atoms with Crippen molar-refractivity contribution in [1.29, 1.82) is 0 Å². The summed E-state index contributed by atoms with van der Waals surface area (Å²) in [7, 11) is -2.18. The van der Waals surface area contributed by atoms with Gasteiger partial charge in [-0.15, -0.1) is 0 Å². The highest BCUT2D eigenvalue weighted by Gasteiger charge is 2.21. The van der Waals surface area contributed by atoms with Crippen LogP contribution >= 0.6 is 7.14 Å². The van der Waals surface area contributed by atoms with Crippen molar-refractivity contribution in [3.05, 3.63) is 41.7 Å². The molecule has 0 atom stereocenters. The topological polar surface area (TPSA) is 17.1 Å². The largest absolute Gasteiger partial charge is 0.319 e. The molecule has 18 heavy (non-hydrogen) atoms. The lowest BCUT2D eigenvalue weighted by Gasteiger charge is -2.18. The van der Waals surface area contributed by atoms with Crippen LogP contribution in [0.4, 0.5) is 0 Å². The molecular formula is C16H25OP. The summed E-state index contributed by atoms with van der Waals surface area (Å²) in [4.78, 5) is 0.